The highest BCUT2D eigenvalue weighted by molar-refractivity contribution is 5.87. The Hall–Kier alpha value is -1.79. The zero-order valence-electron chi connectivity index (χ0n) is 8.10. The number of primary amides is 1. The molecule has 1 heterocycles. The van der Waals surface area contributed by atoms with Gasteiger partial charge in [0.1, 0.15) is 6.04 Å². The Bertz CT molecular complexity index is 292. The first-order valence-corrected chi connectivity index (χ1v) is 4.58. The van der Waals surface area contributed by atoms with Crippen molar-refractivity contribution < 1.29 is 19.5 Å². The molecule has 84 valence electrons. The number of aliphatic carboxylic acids is 1. The third-order valence-corrected chi connectivity index (χ3v) is 2.22. The van der Waals surface area contributed by atoms with Crippen molar-refractivity contribution in [3.05, 3.63) is 0 Å². The number of nitrogens with one attached hydrogen (secondary N) is 1. The number of carboxylic acid groups (broad SMARTS) is 1. The van der Waals surface area contributed by atoms with Crippen LogP contribution in [0.4, 0.5) is 4.79 Å². The number of likely N-dealkylation sites (tertiary alicyclic amines) is 1. The van der Waals surface area contributed by atoms with Gasteiger partial charge in [-0.25, -0.2) is 4.79 Å². The molecule has 7 nitrogen and oxygen atoms in total. The molecule has 1 fully saturated rings. The smallest absolute Gasteiger partial charge is 0.318 e. The molecule has 7 heteroatoms. The molecule has 1 atom stereocenters. The van der Waals surface area contributed by atoms with Crippen molar-refractivity contribution in [2.45, 2.75) is 18.9 Å². The molecule has 0 saturated carbocycles. The van der Waals surface area contributed by atoms with Crippen molar-refractivity contribution in [2.75, 3.05) is 13.1 Å². The Morgan fingerprint density at radius 2 is 2.13 bits per heavy atom. The lowest BCUT2D eigenvalue weighted by Gasteiger charge is -2.38. The normalized spacial score (nSPS) is 19.2. The van der Waals surface area contributed by atoms with E-state index in [0.717, 1.165) is 0 Å². The molecule has 0 radical (unpaired) electrons. The van der Waals surface area contributed by atoms with Crippen LogP contribution in [0.2, 0.25) is 0 Å². The fraction of sp³-hybridized carbons (Fsp3) is 0.625. The van der Waals surface area contributed by atoms with Gasteiger partial charge in [-0.3, -0.25) is 9.59 Å². The summed E-state index contributed by atoms with van der Waals surface area (Å²) in [6.07, 6.45) is 0.433. The second-order valence-electron chi connectivity index (χ2n) is 3.28. The Labute approximate surface area is 86.2 Å². The lowest BCUT2D eigenvalue weighted by atomic mass is 10.0. The van der Waals surface area contributed by atoms with E-state index in [1.807, 2.05) is 0 Å². The van der Waals surface area contributed by atoms with Gasteiger partial charge in [0.2, 0.25) is 5.91 Å². The van der Waals surface area contributed by atoms with E-state index in [1.54, 1.807) is 0 Å². The zero-order chi connectivity index (χ0) is 11.4. The molecule has 1 saturated heterocycles. The number of rotatable bonds is 4. The van der Waals surface area contributed by atoms with Gasteiger partial charge < -0.3 is 21.1 Å². The molecule has 1 unspecified atom stereocenters. The lowest BCUT2D eigenvalue weighted by Crippen LogP contribution is -2.60. The standard InChI is InChI=1S/C8H13N3O4/c9-7(14)5-2-4-11(5)8(15)10-3-1-6(12)13/h5H,1-4H2,(H2,9,14)(H,10,15)(H,12,13). The van der Waals surface area contributed by atoms with Gasteiger partial charge in [-0.15, -0.1) is 0 Å². The van der Waals surface area contributed by atoms with E-state index >= 15 is 0 Å². The molecule has 0 aromatic heterocycles. The van der Waals surface area contributed by atoms with E-state index in [9.17, 15) is 14.4 Å². The minimum atomic E-state index is -0.981. The molecule has 4 N–H and O–H groups in total. The van der Waals surface area contributed by atoms with Crippen molar-refractivity contribution >= 4 is 17.9 Å². The van der Waals surface area contributed by atoms with E-state index in [4.69, 9.17) is 10.8 Å². The first-order valence-electron chi connectivity index (χ1n) is 4.58. The summed E-state index contributed by atoms with van der Waals surface area (Å²) in [7, 11) is 0. The average molecular weight is 215 g/mol. The Kier molecular flexibility index (Phi) is 3.48. The Morgan fingerprint density at radius 3 is 2.53 bits per heavy atom. The Balaban J connectivity index is 2.29. The largest absolute Gasteiger partial charge is 0.481 e. The van der Waals surface area contributed by atoms with Crippen LogP contribution in [-0.2, 0) is 9.59 Å². The highest BCUT2D eigenvalue weighted by Gasteiger charge is 2.35. The molecular formula is C8H13N3O4. The number of hydrogen-bond acceptors (Lipinski definition) is 3. The van der Waals surface area contributed by atoms with Crippen molar-refractivity contribution in [1.29, 1.82) is 0 Å². The minimum absolute atomic E-state index is 0.0517. The van der Waals surface area contributed by atoms with Gasteiger partial charge in [0.05, 0.1) is 6.42 Å². The van der Waals surface area contributed by atoms with Crippen molar-refractivity contribution in [1.82, 2.24) is 10.2 Å². The van der Waals surface area contributed by atoms with E-state index in [0.29, 0.717) is 13.0 Å². The molecule has 0 aromatic carbocycles. The number of hydrogen-bond donors (Lipinski definition) is 3. The molecule has 0 aliphatic carbocycles. The number of nitrogens with zero attached hydrogens (tertiary/aromatic N) is 1. The van der Waals surface area contributed by atoms with Gasteiger partial charge in [-0.1, -0.05) is 0 Å². The summed E-state index contributed by atoms with van der Waals surface area (Å²) < 4.78 is 0. The van der Waals surface area contributed by atoms with Crippen molar-refractivity contribution in [3.63, 3.8) is 0 Å². The number of urea groups is 1. The average Bonchev–Trinajstić information content (AvgIpc) is 1.99. The van der Waals surface area contributed by atoms with Crippen LogP contribution in [0.5, 0.6) is 0 Å². The number of carboxylic acids is 1. The number of amides is 3. The SMILES string of the molecule is NC(=O)C1CCN1C(=O)NCCC(=O)O. The molecule has 15 heavy (non-hydrogen) atoms. The van der Waals surface area contributed by atoms with Crippen LogP contribution >= 0.6 is 0 Å². The molecule has 0 aromatic rings. The van der Waals surface area contributed by atoms with Crippen molar-refractivity contribution in [3.8, 4) is 0 Å². The molecule has 3 amide bonds. The second kappa shape index (κ2) is 4.63. The van der Waals surface area contributed by atoms with Crippen LogP contribution in [0.15, 0.2) is 0 Å². The Morgan fingerprint density at radius 1 is 1.47 bits per heavy atom. The van der Waals surface area contributed by atoms with Gasteiger partial charge in [0.25, 0.3) is 0 Å². The maximum atomic E-state index is 11.3. The van der Waals surface area contributed by atoms with Gasteiger partial charge in [-0.2, -0.15) is 0 Å². The van der Waals surface area contributed by atoms with Crippen LogP contribution in [0, 0.1) is 0 Å². The van der Waals surface area contributed by atoms with Gasteiger partial charge in [0.15, 0.2) is 0 Å². The van der Waals surface area contributed by atoms with Crippen LogP contribution in [0.3, 0.4) is 0 Å². The monoisotopic (exact) mass is 215 g/mol. The third kappa shape index (κ3) is 2.83. The van der Waals surface area contributed by atoms with Gasteiger partial charge >= 0.3 is 12.0 Å². The lowest BCUT2D eigenvalue weighted by molar-refractivity contribution is -0.136. The van der Waals surface area contributed by atoms with Crippen LogP contribution in [0.1, 0.15) is 12.8 Å². The van der Waals surface area contributed by atoms with E-state index in [2.05, 4.69) is 5.32 Å². The molecule has 1 aliphatic rings. The van der Waals surface area contributed by atoms with Crippen molar-refractivity contribution in [2.24, 2.45) is 5.73 Å². The quantitative estimate of drug-likeness (QED) is 0.542. The summed E-state index contributed by atoms with van der Waals surface area (Å²) in [4.78, 5) is 33.6. The predicted molar refractivity (Wildman–Crippen MR) is 50.0 cm³/mol. The first-order chi connectivity index (χ1) is 7.02. The van der Waals surface area contributed by atoms with Gasteiger partial charge in [-0.05, 0) is 6.42 Å². The fourth-order valence-electron chi connectivity index (χ4n) is 1.30. The maximum Gasteiger partial charge on any atom is 0.318 e. The van der Waals surface area contributed by atoms with Gasteiger partial charge in [0, 0.05) is 13.1 Å². The van der Waals surface area contributed by atoms with E-state index in [1.165, 1.54) is 4.90 Å². The highest BCUT2D eigenvalue weighted by atomic mass is 16.4. The van der Waals surface area contributed by atoms with E-state index < -0.39 is 23.9 Å². The van der Waals surface area contributed by atoms with Crippen LogP contribution in [-0.4, -0.2) is 47.0 Å². The fourth-order valence-corrected chi connectivity index (χ4v) is 1.30. The molecule has 1 aliphatic heterocycles. The molecule has 1 rings (SSSR count). The maximum absolute atomic E-state index is 11.3. The minimum Gasteiger partial charge on any atom is -0.481 e. The number of carbonyl (C=O) groups is 3. The summed E-state index contributed by atoms with van der Waals surface area (Å²) >= 11 is 0. The summed E-state index contributed by atoms with van der Waals surface area (Å²) in [6, 6.07) is -0.985. The molecular weight excluding hydrogens is 202 g/mol. The van der Waals surface area contributed by atoms with E-state index in [-0.39, 0.29) is 13.0 Å². The summed E-state index contributed by atoms with van der Waals surface area (Å²) in [6.45, 7) is 0.530. The highest BCUT2D eigenvalue weighted by Crippen LogP contribution is 2.16. The predicted octanol–water partition coefficient (Wildman–Crippen LogP) is -1.27. The third-order valence-electron chi connectivity index (χ3n) is 2.22. The van der Waals surface area contributed by atoms with Crippen LogP contribution < -0.4 is 11.1 Å². The summed E-state index contributed by atoms with van der Waals surface area (Å²) in [5, 5.41) is 10.7. The summed E-state index contributed by atoms with van der Waals surface area (Å²) in [5.41, 5.74) is 5.05. The first kappa shape index (κ1) is 11.3. The topological polar surface area (TPSA) is 113 Å². The summed E-state index contributed by atoms with van der Waals surface area (Å²) in [5.74, 6) is -1.51. The zero-order valence-corrected chi connectivity index (χ0v) is 8.10. The number of carbonyl (C=O) groups excluding carboxylic acids is 2. The number of nitrogens with two attached hydrogens (primary N) is 1. The van der Waals surface area contributed by atoms with Crippen LogP contribution in [0.25, 0.3) is 0 Å². The molecule has 0 spiro atoms. The molecule has 0 bridgehead atoms. The second-order valence-corrected chi connectivity index (χ2v) is 3.28.